The van der Waals surface area contributed by atoms with Crippen LogP contribution in [0.5, 0.6) is 0 Å². The van der Waals surface area contributed by atoms with Crippen molar-refractivity contribution in [2.75, 3.05) is 4.90 Å². The molecule has 1 aliphatic rings. The molecule has 0 spiro atoms. The fourth-order valence-electron chi connectivity index (χ4n) is 2.91. The quantitative estimate of drug-likeness (QED) is 0.751. The Morgan fingerprint density at radius 1 is 1.26 bits per heavy atom. The van der Waals surface area contributed by atoms with Crippen LogP contribution in [-0.2, 0) is 14.3 Å². The van der Waals surface area contributed by atoms with Crippen LogP contribution in [0.2, 0.25) is 0 Å². The van der Waals surface area contributed by atoms with Gasteiger partial charge in [0.05, 0.1) is 12.5 Å². The van der Waals surface area contributed by atoms with Crippen LogP contribution in [0.1, 0.15) is 32.1 Å². The summed E-state index contributed by atoms with van der Waals surface area (Å²) in [6.07, 6.45) is -4.72. The lowest BCUT2D eigenvalue weighted by Crippen LogP contribution is -2.45. The fraction of sp³-hybridized carbons (Fsp3) is 0.500. The predicted octanol–water partition coefficient (Wildman–Crippen LogP) is 3.46. The molecule has 1 aromatic carbocycles. The molecule has 7 heteroatoms. The highest BCUT2D eigenvalue weighted by Crippen LogP contribution is 2.32. The smallest absolute Gasteiger partial charge is 0.389 e. The normalized spacial score (nSPS) is 21.0. The van der Waals surface area contributed by atoms with Crippen LogP contribution >= 0.6 is 0 Å². The Morgan fingerprint density at radius 3 is 2.57 bits per heavy atom. The van der Waals surface area contributed by atoms with Crippen LogP contribution in [0.4, 0.5) is 18.9 Å². The van der Waals surface area contributed by atoms with Gasteiger partial charge in [0.1, 0.15) is 6.10 Å². The lowest BCUT2D eigenvalue weighted by Gasteiger charge is -2.32. The van der Waals surface area contributed by atoms with Crippen molar-refractivity contribution in [3.63, 3.8) is 0 Å². The Kier molecular flexibility index (Phi) is 5.63. The zero-order valence-corrected chi connectivity index (χ0v) is 12.5. The van der Waals surface area contributed by atoms with E-state index in [-0.39, 0.29) is 0 Å². The number of benzene rings is 1. The molecular formula is C16H18F3NO3. The molecule has 0 aromatic heterocycles. The standard InChI is InChI=1S/C16H18F3NO3/c17-16(18,19)10-9-15(22)20(12-5-2-1-3-6-12)13-7-4-8-14(13)23-11-21/h1-3,5-6,11,13-14H,4,7-10H2. The molecule has 0 radical (unpaired) electrons. The van der Waals surface area contributed by atoms with Crippen molar-refractivity contribution < 1.29 is 27.5 Å². The van der Waals surface area contributed by atoms with E-state index in [0.29, 0.717) is 25.0 Å². The maximum Gasteiger partial charge on any atom is 0.389 e. The molecule has 2 rings (SSSR count). The molecule has 1 fully saturated rings. The summed E-state index contributed by atoms with van der Waals surface area (Å²) in [5, 5.41) is 0. The third-order valence-corrected chi connectivity index (χ3v) is 3.91. The van der Waals surface area contributed by atoms with Gasteiger partial charge < -0.3 is 9.64 Å². The summed E-state index contributed by atoms with van der Waals surface area (Å²) in [4.78, 5) is 24.4. The topological polar surface area (TPSA) is 46.6 Å². The molecule has 126 valence electrons. The number of anilines is 1. The summed E-state index contributed by atoms with van der Waals surface area (Å²) in [7, 11) is 0. The third-order valence-electron chi connectivity index (χ3n) is 3.91. The highest BCUT2D eigenvalue weighted by atomic mass is 19.4. The van der Waals surface area contributed by atoms with E-state index in [1.807, 2.05) is 0 Å². The SMILES string of the molecule is O=COC1CCCC1N(C(=O)CCC(F)(F)F)c1ccccc1. The number of ether oxygens (including phenoxy) is 1. The summed E-state index contributed by atoms with van der Waals surface area (Å²) in [5.41, 5.74) is 0.520. The first-order chi connectivity index (χ1) is 10.9. The average Bonchev–Trinajstić information content (AvgIpc) is 2.94. The van der Waals surface area contributed by atoms with Gasteiger partial charge in [-0.05, 0) is 31.4 Å². The van der Waals surface area contributed by atoms with Crippen molar-refractivity contribution in [2.45, 2.75) is 50.4 Å². The molecule has 0 saturated heterocycles. The van der Waals surface area contributed by atoms with Crippen molar-refractivity contribution in [3.05, 3.63) is 30.3 Å². The molecule has 23 heavy (non-hydrogen) atoms. The second-order valence-electron chi connectivity index (χ2n) is 5.48. The number of alkyl halides is 3. The van der Waals surface area contributed by atoms with Crippen LogP contribution in [0.15, 0.2) is 30.3 Å². The predicted molar refractivity (Wildman–Crippen MR) is 77.8 cm³/mol. The molecule has 0 heterocycles. The zero-order chi connectivity index (χ0) is 16.9. The Bertz CT molecular complexity index is 533. The summed E-state index contributed by atoms with van der Waals surface area (Å²) in [6.45, 7) is 0.326. The van der Waals surface area contributed by atoms with Gasteiger partial charge in [-0.1, -0.05) is 18.2 Å². The third kappa shape index (κ3) is 4.71. The van der Waals surface area contributed by atoms with Crippen LogP contribution in [0.25, 0.3) is 0 Å². The van der Waals surface area contributed by atoms with Crippen molar-refractivity contribution in [3.8, 4) is 0 Å². The molecule has 2 atom stereocenters. The van der Waals surface area contributed by atoms with Crippen LogP contribution in [-0.4, -0.2) is 30.7 Å². The molecule has 1 saturated carbocycles. The second-order valence-corrected chi connectivity index (χ2v) is 5.48. The zero-order valence-electron chi connectivity index (χ0n) is 12.5. The number of nitrogens with zero attached hydrogens (tertiary/aromatic N) is 1. The summed E-state index contributed by atoms with van der Waals surface area (Å²) >= 11 is 0. The first-order valence-corrected chi connectivity index (χ1v) is 7.45. The van der Waals surface area contributed by atoms with Gasteiger partial charge in [-0.15, -0.1) is 0 Å². The number of carbonyl (C=O) groups excluding carboxylic acids is 2. The summed E-state index contributed by atoms with van der Waals surface area (Å²) < 4.78 is 42.3. The monoisotopic (exact) mass is 329 g/mol. The average molecular weight is 329 g/mol. The van der Waals surface area contributed by atoms with E-state index in [9.17, 15) is 22.8 Å². The Balaban J connectivity index is 2.22. The number of hydrogen-bond acceptors (Lipinski definition) is 3. The van der Waals surface area contributed by atoms with Crippen LogP contribution < -0.4 is 4.90 Å². The molecule has 2 unspecified atom stereocenters. The number of carbonyl (C=O) groups is 2. The number of rotatable bonds is 6. The minimum absolute atomic E-state index is 0.326. The number of halogens is 3. The molecule has 0 bridgehead atoms. The van der Waals surface area contributed by atoms with E-state index >= 15 is 0 Å². The van der Waals surface area contributed by atoms with E-state index in [0.717, 1.165) is 6.42 Å². The molecule has 1 amide bonds. The fourth-order valence-corrected chi connectivity index (χ4v) is 2.91. The summed E-state index contributed by atoms with van der Waals surface area (Å²) in [5.74, 6) is -0.611. The number of para-hydroxylation sites is 1. The minimum Gasteiger partial charge on any atom is -0.462 e. The van der Waals surface area contributed by atoms with E-state index in [1.54, 1.807) is 30.3 Å². The van der Waals surface area contributed by atoms with Gasteiger partial charge >= 0.3 is 6.18 Å². The molecule has 1 aliphatic carbocycles. The summed E-state index contributed by atoms with van der Waals surface area (Å²) in [6, 6.07) is 8.09. The van der Waals surface area contributed by atoms with Crippen molar-refractivity contribution in [2.24, 2.45) is 0 Å². The van der Waals surface area contributed by atoms with Gasteiger partial charge in [0, 0.05) is 12.1 Å². The van der Waals surface area contributed by atoms with Gasteiger partial charge in [-0.25, -0.2) is 0 Å². The lowest BCUT2D eigenvalue weighted by atomic mass is 10.1. The van der Waals surface area contributed by atoms with Crippen molar-refractivity contribution >= 4 is 18.1 Å². The second kappa shape index (κ2) is 7.48. The van der Waals surface area contributed by atoms with E-state index in [1.165, 1.54) is 4.90 Å². The van der Waals surface area contributed by atoms with Crippen LogP contribution in [0.3, 0.4) is 0 Å². The van der Waals surface area contributed by atoms with E-state index in [2.05, 4.69) is 0 Å². The van der Waals surface area contributed by atoms with Crippen molar-refractivity contribution in [1.82, 2.24) is 0 Å². The maximum atomic E-state index is 12.4. The molecule has 0 aliphatic heterocycles. The van der Waals surface area contributed by atoms with E-state index < -0.39 is 37.1 Å². The largest absolute Gasteiger partial charge is 0.462 e. The molecular weight excluding hydrogens is 311 g/mol. The lowest BCUT2D eigenvalue weighted by molar-refractivity contribution is -0.143. The van der Waals surface area contributed by atoms with Gasteiger partial charge in [-0.2, -0.15) is 13.2 Å². The van der Waals surface area contributed by atoms with Crippen LogP contribution in [0, 0.1) is 0 Å². The number of hydrogen-bond donors (Lipinski definition) is 0. The molecule has 4 nitrogen and oxygen atoms in total. The molecule has 0 N–H and O–H groups in total. The Labute approximate surface area is 132 Å². The minimum atomic E-state index is -4.38. The maximum absolute atomic E-state index is 12.4. The Morgan fingerprint density at radius 2 is 1.96 bits per heavy atom. The first-order valence-electron chi connectivity index (χ1n) is 7.45. The Hall–Kier alpha value is -2.05. The number of amides is 1. The van der Waals surface area contributed by atoms with Crippen molar-refractivity contribution in [1.29, 1.82) is 0 Å². The molecule has 1 aromatic rings. The highest BCUT2D eigenvalue weighted by Gasteiger charge is 2.38. The highest BCUT2D eigenvalue weighted by molar-refractivity contribution is 5.94. The van der Waals surface area contributed by atoms with Gasteiger partial charge in [0.25, 0.3) is 6.47 Å². The van der Waals surface area contributed by atoms with Gasteiger partial charge in [0.15, 0.2) is 0 Å². The van der Waals surface area contributed by atoms with Gasteiger partial charge in [0.2, 0.25) is 5.91 Å². The van der Waals surface area contributed by atoms with E-state index in [4.69, 9.17) is 4.74 Å². The van der Waals surface area contributed by atoms with Gasteiger partial charge in [-0.3, -0.25) is 9.59 Å². The first kappa shape index (κ1) is 17.3.